The average Bonchev–Trinajstić information content (AvgIpc) is 2.30. The quantitative estimate of drug-likeness (QED) is 0.831. The predicted octanol–water partition coefficient (Wildman–Crippen LogP) is 1.68. The number of piperazine rings is 1. The van der Waals surface area contributed by atoms with Gasteiger partial charge in [-0.15, -0.1) is 12.4 Å². The Balaban J connectivity index is 0.00000144. The first-order valence-electron chi connectivity index (χ1n) is 5.46. The number of nitrogens with zero attached hydrogens (tertiary/aromatic N) is 1. The number of benzene rings is 1. The molecule has 94 valence electrons. The fraction of sp³-hybridized carbons (Fsp3) is 0.417. The van der Waals surface area contributed by atoms with Gasteiger partial charge in [0, 0.05) is 31.2 Å². The highest BCUT2D eigenvalue weighted by Gasteiger charge is 2.23. The van der Waals surface area contributed by atoms with Crippen LogP contribution in [0.4, 0.5) is 4.39 Å². The lowest BCUT2D eigenvalue weighted by Crippen LogP contribution is -2.52. The van der Waals surface area contributed by atoms with Crippen molar-refractivity contribution in [2.75, 3.05) is 19.6 Å². The first-order chi connectivity index (χ1) is 7.68. The number of halogens is 2. The fourth-order valence-electron chi connectivity index (χ4n) is 1.90. The summed E-state index contributed by atoms with van der Waals surface area (Å²) in [5.74, 6) is -0.334. The van der Waals surface area contributed by atoms with E-state index in [4.69, 9.17) is 0 Å². The molecule has 5 heteroatoms. The Labute approximate surface area is 106 Å². The van der Waals surface area contributed by atoms with E-state index in [1.54, 1.807) is 0 Å². The highest BCUT2D eigenvalue weighted by molar-refractivity contribution is 5.94. The van der Waals surface area contributed by atoms with Crippen molar-refractivity contribution in [3.63, 3.8) is 0 Å². The molecular weight excluding hydrogens is 243 g/mol. The molecule has 1 aliphatic heterocycles. The minimum Gasteiger partial charge on any atom is -0.333 e. The molecule has 1 aromatic rings. The Kier molecular flexibility index (Phi) is 4.90. The number of nitrogens with one attached hydrogen (secondary N) is 1. The highest BCUT2D eigenvalue weighted by atomic mass is 35.5. The number of rotatable bonds is 1. The number of hydrogen-bond donors (Lipinski definition) is 1. The summed E-state index contributed by atoms with van der Waals surface area (Å²) in [4.78, 5) is 13.9. The van der Waals surface area contributed by atoms with E-state index in [2.05, 4.69) is 5.32 Å². The third kappa shape index (κ3) is 3.17. The molecule has 1 amide bonds. The largest absolute Gasteiger partial charge is 0.333 e. The van der Waals surface area contributed by atoms with Gasteiger partial charge in [0.05, 0.1) is 0 Å². The van der Waals surface area contributed by atoms with E-state index in [0.29, 0.717) is 12.1 Å². The molecule has 1 heterocycles. The Morgan fingerprint density at radius 2 is 2.06 bits per heavy atom. The minimum absolute atomic E-state index is 0. The molecule has 0 bridgehead atoms. The van der Waals surface area contributed by atoms with Crippen LogP contribution in [0.25, 0.3) is 0 Å². The van der Waals surface area contributed by atoms with Crippen LogP contribution in [-0.4, -0.2) is 36.5 Å². The predicted molar refractivity (Wildman–Crippen MR) is 67.0 cm³/mol. The summed E-state index contributed by atoms with van der Waals surface area (Å²) >= 11 is 0. The topological polar surface area (TPSA) is 32.3 Å². The molecule has 1 aliphatic rings. The molecule has 3 nitrogen and oxygen atoms in total. The van der Waals surface area contributed by atoms with Crippen molar-refractivity contribution < 1.29 is 9.18 Å². The van der Waals surface area contributed by atoms with Crippen molar-refractivity contribution in [1.82, 2.24) is 10.2 Å². The maximum absolute atomic E-state index is 12.7. The van der Waals surface area contributed by atoms with Crippen LogP contribution in [0.2, 0.25) is 0 Å². The summed E-state index contributed by atoms with van der Waals surface area (Å²) in [5.41, 5.74) is 0.551. The molecule has 1 atom stereocenters. The molecule has 0 spiro atoms. The average molecular weight is 259 g/mol. The molecule has 1 unspecified atom stereocenters. The van der Waals surface area contributed by atoms with E-state index in [-0.39, 0.29) is 30.2 Å². The normalized spacial score (nSPS) is 19.6. The molecule has 17 heavy (non-hydrogen) atoms. The van der Waals surface area contributed by atoms with Crippen molar-refractivity contribution >= 4 is 18.3 Å². The zero-order chi connectivity index (χ0) is 11.5. The Bertz CT molecular complexity index is 383. The molecule has 1 N–H and O–H groups in total. The SMILES string of the molecule is CC1CNCCN1C(=O)c1ccc(F)cc1.Cl. The molecule has 2 rings (SSSR count). The zero-order valence-electron chi connectivity index (χ0n) is 9.65. The minimum atomic E-state index is -0.315. The van der Waals surface area contributed by atoms with Gasteiger partial charge in [-0.3, -0.25) is 4.79 Å². The van der Waals surface area contributed by atoms with Gasteiger partial charge in [0.15, 0.2) is 0 Å². The van der Waals surface area contributed by atoms with Crippen LogP contribution in [0.5, 0.6) is 0 Å². The van der Waals surface area contributed by atoms with E-state index in [1.165, 1.54) is 24.3 Å². The van der Waals surface area contributed by atoms with Crippen molar-refractivity contribution in [1.29, 1.82) is 0 Å². The summed E-state index contributed by atoms with van der Waals surface area (Å²) < 4.78 is 12.7. The van der Waals surface area contributed by atoms with E-state index in [0.717, 1.165) is 13.1 Å². The Morgan fingerprint density at radius 1 is 1.41 bits per heavy atom. The molecule has 0 radical (unpaired) electrons. The van der Waals surface area contributed by atoms with Crippen LogP contribution >= 0.6 is 12.4 Å². The van der Waals surface area contributed by atoms with Gasteiger partial charge >= 0.3 is 0 Å². The first kappa shape index (κ1) is 13.9. The summed E-state index contributed by atoms with van der Waals surface area (Å²) in [6, 6.07) is 5.89. The van der Waals surface area contributed by atoms with Gasteiger partial charge in [-0.1, -0.05) is 0 Å². The van der Waals surface area contributed by atoms with Crippen molar-refractivity contribution in [2.24, 2.45) is 0 Å². The van der Waals surface area contributed by atoms with Crippen LogP contribution in [-0.2, 0) is 0 Å². The highest BCUT2D eigenvalue weighted by Crippen LogP contribution is 2.11. The summed E-state index contributed by atoms with van der Waals surface area (Å²) in [7, 11) is 0. The van der Waals surface area contributed by atoms with Gasteiger partial charge in [0.1, 0.15) is 5.82 Å². The van der Waals surface area contributed by atoms with Gasteiger partial charge in [-0.05, 0) is 31.2 Å². The lowest BCUT2D eigenvalue weighted by molar-refractivity contribution is 0.0655. The number of hydrogen-bond acceptors (Lipinski definition) is 2. The van der Waals surface area contributed by atoms with Crippen molar-refractivity contribution in [2.45, 2.75) is 13.0 Å². The van der Waals surface area contributed by atoms with Gasteiger partial charge in [0.25, 0.3) is 5.91 Å². The first-order valence-corrected chi connectivity index (χ1v) is 5.46. The fourth-order valence-corrected chi connectivity index (χ4v) is 1.90. The summed E-state index contributed by atoms with van der Waals surface area (Å²) in [6.07, 6.45) is 0. The Hall–Kier alpha value is -1.13. The second-order valence-corrected chi connectivity index (χ2v) is 4.06. The molecule has 0 aliphatic carbocycles. The molecule has 1 fully saturated rings. The van der Waals surface area contributed by atoms with Crippen LogP contribution in [0.15, 0.2) is 24.3 Å². The lowest BCUT2D eigenvalue weighted by atomic mass is 10.1. The lowest BCUT2D eigenvalue weighted by Gasteiger charge is -2.34. The van der Waals surface area contributed by atoms with Gasteiger partial charge in [0.2, 0.25) is 0 Å². The van der Waals surface area contributed by atoms with Crippen LogP contribution in [0.3, 0.4) is 0 Å². The number of amides is 1. The smallest absolute Gasteiger partial charge is 0.254 e. The van der Waals surface area contributed by atoms with E-state index >= 15 is 0 Å². The van der Waals surface area contributed by atoms with Gasteiger partial charge < -0.3 is 10.2 Å². The monoisotopic (exact) mass is 258 g/mol. The molecule has 0 aromatic heterocycles. The molecule has 1 saturated heterocycles. The van der Waals surface area contributed by atoms with Gasteiger partial charge in [-0.25, -0.2) is 4.39 Å². The molecular formula is C12H16ClFN2O. The second kappa shape index (κ2) is 5.98. The number of carbonyl (C=O) groups excluding carboxylic acids is 1. The molecule has 0 saturated carbocycles. The van der Waals surface area contributed by atoms with Crippen LogP contribution < -0.4 is 5.32 Å². The van der Waals surface area contributed by atoms with Crippen molar-refractivity contribution in [3.05, 3.63) is 35.6 Å². The van der Waals surface area contributed by atoms with E-state index in [1.807, 2.05) is 11.8 Å². The standard InChI is InChI=1S/C12H15FN2O.ClH/c1-9-8-14-6-7-15(9)12(16)10-2-4-11(13)5-3-10;/h2-5,9,14H,6-8H2,1H3;1H. The molecule has 1 aromatic carbocycles. The maximum atomic E-state index is 12.7. The second-order valence-electron chi connectivity index (χ2n) is 4.06. The Morgan fingerprint density at radius 3 is 2.65 bits per heavy atom. The summed E-state index contributed by atoms with van der Waals surface area (Å²) in [5, 5.41) is 3.23. The van der Waals surface area contributed by atoms with E-state index < -0.39 is 0 Å². The van der Waals surface area contributed by atoms with Crippen molar-refractivity contribution in [3.8, 4) is 0 Å². The van der Waals surface area contributed by atoms with Gasteiger partial charge in [-0.2, -0.15) is 0 Å². The third-order valence-corrected chi connectivity index (χ3v) is 2.85. The zero-order valence-corrected chi connectivity index (χ0v) is 10.5. The summed E-state index contributed by atoms with van der Waals surface area (Å²) in [6.45, 7) is 4.34. The number of carbonyl (C=O) groups is 1. The van der Waals surface area contributed by atoms with Crippen LogP contribution in [0.1, 0.15) is 17.3 Å². The third-order valence-electron chi connectivity index (χ3n) is 2.85. The van der Waals surface area contributed by atoms with Crippen LogP contribution in [0, 0.1) is 5.82 Å². The maximum Gasteiger partial charge on any atom is 0.254 e. The van der Waals surface area contributed by atoms with E-state index in [9.17, 15) is 9.18 Å².